The third-order valence-electron chi connectivity index (χ3n) is 5.60. The Hall–Kier alpha value is -2.83. The first-order valence-corrected chi connectivity index (χ1v) is 9.95. The highest BCUT2D eigenvalue weighted by atomic mass is 16.5. The number of ether oxygens (including phenoxy) is 1. The van der Waals surface area contributed by atoms with E-state index in [4.69, 9.17) is 4.74 Å². The van der Waals surface area contributed by atoms with E-state index in [1.807, 2.05) is 23.1 Å². The summed E-state index contributed by atoms with van der Waals surface area (Å²) in [5.41, 5.74) is 1.12. The molecule has 2 aliphatic rings. The van der Waals surface area contributed by atoms with Crippen molar-refractivity contribution in [3.63, 3.8) is 0 Å². The van der Waals surface area contributed by atoms with E-state index in [0.717, 1.165) is 51.1 Å². The fourth-order valence-electron chi connectivity index (χ4n) is 4.03. The second-order valence-corrected chi connectivity index (χ2v) is 7.44. The van der Waals surface area contributed by atoms with Gasteiger partial charge in [-0.15, -0.1) is 0 Å². The number of rotatable bonds is 5. The van der Waals surface area contributed by atoms with Crippen LogP contribution in [-0.4, -0.2) is 60.1 Å². The van der Waals surface area contributed by atoms with Crippen molar-refractivity contribution in [2.75, 3.05) is 43.5 Å². The van der Waals surface area contributed by atoms with Crippen LogP contribution in [0.25, 0.3) is 0 Å². The first-order chi connectivity index (χ1) is 13.7. The van der Waals surface area contributed by atoms with Crippen LogP contribution in [0.2, 0.25) is 0 Å². The quantitative estimate of drug-likeness (QED) is 0.858. The average Bonchev–Trinajstić information content (AvgIpc) is 3.22. The van der Waals surface area contributed by atoms with Crippen molar-refractivity contribution >= 4 is 17.5 Å². The normalized spacial score (nSPS) is 20.2. The van der Waals surface area contributed by atoms with Crippen molar-refractivity contribution in [3.8, 4) is 5.88 Å². The molecule has 0 aliphatic carbocycles. The van der Waals surface area contributed by atoms with E-state index in [9.17, 15) is 4.79 Å². The number of hydrogen-bond acceptors (Lipinski definition) is 6. The average molecular weight is 381 g/mol. The van der Waals surface area contributed by atoms with Crippen LogP contribution in [0.4, 0.5) is 11.6 Å². The summed E-state index contributed by atoms with van der Waals surface area (Å²) in [6.45, 7) is 3.21. The van der Waals surface area contributed by atoms with Crippen LogP contribution in [0.3, 0.4) is 0 Å². The van der Waals surface area contributed by atoms with Crippen LogP contribution < -0.4 is 15.0 Å². The van der Waals surface area contributed by atoms with E-state index in [1.165, 1.54) is 0 Å². The Morgan fingerprint density at radius 1 is 1.11 bits per heavy atom. The highest BCUT2D eigenvalue weighted by Gasteiger charge is 2.33. The number of aromatic nitrogens is 2. The van der Waals surface area contributed by atoms with Gasteiger partial charge in [0.05, 0.1) is 7.11 Å². The predicted molar refractivity (Wildman–Crippen MR) is 109 cm³/mol. The standard InChI is InChI=1S/C21H27N5O2/c1-28-19-7-11-22-21(24-19)25-12-8-16(9-13-25)20(27)26-14-10-18(15-26)23-17-5-3-2-4-6-17/h2-7,11,16,18,23H,8-10,12-15H2,1H3/t18-/m1/s1. The molecule has 0 spiro atoms. The number of carbonyl (C=O) groups excluding carboxylic acids is 1. The molecule has 7 heteroatoms. The van der Waals surface area contributed by atoms with Gasteiger partial charge in [0.15, 0.2) is 0 Å². The van der Waals surface area contributed by atoms with E-state index >= 15 is 0 Å². The molecule has 2 fully saturated rings. The molecule has 0 unspecified atom stereocenters. The molecule has 2 aliphatic heterocycles. The summed E-state index contributed by atoms with van der Waals surface area (Å²) in [5, 5.41) is 3.54. The van der Waals surface area contributed by atoms with Crippen molar-refractivity contribution in [2.45, 2.75) is 25.3 Å². The number of piperidine rings is 1. The van der Waals surface area contributed by atoms with E-state index in [2.05, 4.69) is 32.3 Å². The van der Waals surface area contributed by atoms with Gasteiger partial charge in [-0.25, -0.2) is 4.98 Å². The van der Waals surface area contributed by atoms with Crippen molar-refractivity contribution in [1.29, 1.82) is 0 Å². The lowest BCUT2D eigenvalue weighted by Gasteiger charge is -2.33. The topological polar surface area (TPSA) is 70.6 Å². The summed E-state index contributed by atoms with van der Waals surface area (Å²) >= 11 is 0. The molecule has 4 rings (SSSR count). The molecular weight excluding hydrogens is 354 g/mol. The molecule has 148 valence electrons. The number of benzene rings is 1. The number of anilines is 2. The minimum atomic E-state index is 0.0948. The number of hydrogen-bond donors (Lipinski definition) is 1. The molecule has 1 amide bonds. The van der Waals surface area contributed by atoms with Crippen LogP contribution in [0.1, 0.15) is 19.3 Å². The third kappa shape index (κ3) is 4.18. The Balaban J connectivity index is 1.28. The number of amides is 1. The summed E-state index contributed by atoms with van der Waals surface area (Å²) in [6.07, 6.45) is 4.39. The number of methoxy groups -OCH3 is 1. The summed E-state index contributed by atoms with van der Waals surface area (Å²) in [6, 6.07) is 12.3. The summed E-state index contributed by atoms with van der Waals surface area (Å²) in [4.78, 5) is 25.9. The van der Waals surface area contributed by atoms with Gasteiger partial charge in [-0.2, -0.15) is 4.98 Å². The van der Waals surface area contributed by atoms with Gasteiger partial charge in [0, 0.05) is 56.1 Å². The first kappa shape index (κ1) is 18.5. The zero-order chi connectivity index (χ0) is 19.3. The maximum atomic E-state index is 13.0. The Kier molecular flexibility index (Phi) is 5.60. The lowest BCUT2D eigenvalue weighted by Crippen LogP contribution is -2.42. The second-order valence-electron chi connectivity index (χ2n) is 7.44. The van der Waals surface area contributed by atoms with Crippen molar-refractivity contribution < 1.29 is 9.53 Å². The minimum absolute atomic E-state index is 0.0948. The predicted octanol–water partition coefficient (Wildman–Crippen LogP) is 2.41. The lowest BCUT2D eigenvalue weighted by atomic mass is 9.95. The van der Waals surface area contributed by atoms with E-state index in [0.29, 0.717) is 23.8 Å². The third-order valence-corrected chi connectivity index (χ3v) is 5.60. The molecule has 28 heavy (non-hydrogen) atoms. The Bertz CT molecular complexity index is 792. The van der Waals surface area contributed by atoms with Gasteiger partial charge in [0.2, 0.25) is 17.7 Å². The van der Waals surface area contributed by atoms with Crippen molar-refractivity contribution in [3.05, 3.63) is 42.6 Å². The van der Waals surface area contributed by atoms with Gasteiger partial charge in [0.1, 0.15) is 0 Å². The Morgan fingerprint density at radius 3 is 2.64 bits per heavy atom. The van der Waals surface area contributed by atoms with Gasteiger partial charge in [-0.1, -0.05) is 18.2 Å². The molecular formula is C21H27N5O2. The summed E-state index contributed by atoms with van der Waals surface area (Å²) in [7, 11) is 1.60. The van der Waals surface area contributed by atoms with Crippen LogP contribution in [0.15, 0.2) is 42.6 Å². The highest BCUT2D eigenvalue weighted by molar-refractivity contribution is 5.79. The second kappa shape index (κ2) is 8.46. The van der Waals surface area contributed by atoms with E-state index in [1.54, 1.807) is 19.4 Å². The van der Waals surface area contributed by atoms with Crippen LogP contribution in [-0.2, 0) is 4.79 Å². The van der Waals surface area contributed by atoms with Gasteiger partial charge in [-0.05, 0) is 31.4 Å². The number of nitrogens with zero attached hydrogens (tertiary/aromatic N) is 4. The van der Waals surface area contributed by atoms with Gasteiger partial charge in [0.25, 0.3) is 0 Å². The molecule has 0 saturated carbocycles. The van der Waals surface area contributed by atoms with Crippen molar-refractivity contribution in [2.24, 2.45) is 5.92 Å². The number of likely N-dealkylation sites (tertiary alicyclic amines) is 1. The number of nitrogens with one attached hydrogen (secondary N) is 1. The largest absolute Gasteiger partial charge is 0.481 e. The fraction of sp³-hybridized carbons (Fsp3) is 0.476. The van der Waals surface area contributed by atoms with Crippen LogP contribution >= 0.6 is 0 Å². The molecule has 1 N–H and O–H groups in total. The molecule has 0 bridgehead atoms. The zero-order valence-corrected chi connectivity index (χ0v) is 16.3. The van der Waals surface area contributed by atoms with Gasteiger partial charge < -0.3 is 19.9 Å². The van der Waals surface area contributed by atoms with Crippen LogP contribution in [0, 0.1) is 5.92 Å². The van der Waals surface area contributed by atoms with Gasteiger partial charge >= 0.3 is 0 Å². The molecule has 0 radical (unpaired) electrons. The highest BCUT2D eigenvalue weighted by Crippen LogP contribution is 2.25. The molecule has 1 atom stereocenters. The van der Waals surface area contributed by atoms with Crippen LogP contribution in [0.5, 0.6) is 5.88 Å². The fourth-order valence-corrected chi connectivity index (χ4v) is 4.03. The summed E-state index contributed by atoms with van der Waals surface area (Å²) < 4.78 is 5.18. The molecule has 7 nitrogen and oxygen atoms in total. The Labute approximate surface area is 165 Å². The maximum absolute atomic E-state index is 13.0. The van der Waals surface area contributed by atoms with Gasteiger partial charge in [-0.3, -0.25) is 4.79 Å². The minimum Gasteiger partial charge on any atom is -0.481 e. The van der Waals surface area contributed by atoms with E-state index in [-0.39, 0.29) is 5.92 Å². The summed E-state index contributed by atoms with van der Waals surface area (Å²) in [5.74, 6) is 1.64. The molecule has 3 heterocycles. The lowest BCUT2D eigenvalue weighted by molar-refractivity contribution is -0.135. The Morgan fingerprint density at radius 2 is 1.89 bits per heavy atom. The smallest absolute Gasteiger partial charge is 0.228 e. The zero-order valence-electron chi connectivity index (χ0n) is 16.3. The van der Waals surface area contributed by atoms with E-state index < -0.39 is 0 Å². The SMILES string of the molecule is COc1ccnc(N2CCC(C(=O)N3CC[C@@H](Nc4ccccc4)C3)CC2)n1. The van der Waals surface area contributed by atoms with Crippen molar-refractivity contribution in [1.82, 2.24) is 14.9 Å². The molecule has 1 aromatic carbocycles. The number of para-hydroxylation sites is 1. The maximum Gasteiger partial charge on any atom is 0.228 e. The number of carbonyl (C=O) groups is 1. The molecule has 2 aromatic rings. The monoisotopic (exact) mass is 381 g/mol. The molecule has 2 saturated heterocycles. The first-order valence-electron chi connectivity index (χ1n) is 9.95. The molecule has 1 aromatic heterocycles.